The van der Waals surface area contributed by atoms with Crippen LogP contribution in [0.2, 0.25) is 0 Å². The Morgan fingerprint density at radius 3 is 2.57 bits per heavy atom. The SMILES string of the molecule is CCOC(=O)c1cc(C)sc1NC(=O)c1cc(C)c(Br)s1. The zero-order valence-electron chi connectivity index (χ0n) is 11.8. The molecule has 0 fully saturated rings. The summed E-state index contributed by atoms with van der Waals surface area (Å²) in [5, 5.41) is 3.32. The van der Waals surface area contributed by atoms with E-state index in [4.69, 9.17) is 4.74 Å². The molecule has 2 aromatic heterocycles. The minimum absolute atomic E-state index is 0.221. The van der Waals surface area contributed by atoms with Gasteiger partial charge in [-0.3, -0.25) is 4.79 Å². The van der Waals surface area contributed by atoms with Crippen LogP contribution in [0, 0.1) is 13.8 Å². The van der Waals surface area contributed by atoms with Crippen molar-refractivity contribution in [2.75, 3.05) is 11.9 Å². The van der Waals surface area contributed by atoms with Gasteiger partial charge in [0.05, 0.1) is 20.8 Å². The van der Waals surface area contributed by atoms with Crippen LogP contribution in [-0.2, 0) is 4.74 Å². The Labute approximate surface area is 139 Å². The van der Waals surface area contributed by atoms with Crippen LogP contribution in [0.4, 0.5) is 5.00 Å². The molecule has 7 heteroatoms. The van der Waals surface area contributed by atoms with Crippen LogP contribution in [-0.4, -0.2) is 18.5 Å². The van der Waals surface area contributed by atoms with Gasteiger partial charge in [-0.2, -0.15) is 0 Å². The normalized spacial score (nSPS) is 10.5. The van der Waals surface area contributed by atoms with E-state index in [-0.39, 0.29) is 5.91 Å². The van der Waals surface area contributed by atoms with Crippen molar-refractivity contribution in [1.82, 2.24) is 0 Å². The van der Waals surface area contributed by atoms with E-state index in [0.717, 1.165) is 14.2 Å². The quantitative estimate of drug-likeness (QED) is 0.778. The summed E-state index contributed by atoms with van der Waals surface area (Å²) in [6.45, 7) is 5.87. The summed E-state index contributed by atoms with van der Waals surface area (Å²) in [7, 11) is 0. The smallest absolute Gasteiger partial charge is 0.341 e. The van der Waals surface area contributed by atoms with Crippen molar-refractivity contribution in [1.29, 1.82) is 0 Å². The number of halogens is 1. The third-order valence-corrected chi connectivity index (χ3v) is 5.76. The van der Waals surface area contributed by atoms with Crippen molar-refractivity contribution in [2.24, 2.45) is 0 Å². The summed E-state index contributed by atoms with van der Waals surface area (Å²) in [6.07, 6.45) is 0. The van der Waals surface area contributed by atoms with Gasteiger partial charge in [-0.15, -0.1) is 22.7 Å². The van der Waals surface area contributed by atoms with Crippen molar-refractivity contribution >= 4 is 55.5 Å². The van der Waals surface area contributed by atoms with E-state index in [1.807, 2.05) is 19.9 Å². The highest BCUT2D eigenvalue weighted by Crippen LogP contribution is 2.31. The van der Waals surface area contributed by atoms with Gasteiger partial charge in [-0.1, -0.05) is 0 Å². The number of nitrogens with one attached hydrogen (secondary N) is 1. The van der Waals surface area contributed by atoms with Gasteiger partial charge in [-0.25, -0.2) is 4.79 Å². The summed E-state index contributed by atoms with van der Waals surface area (Å²) >= 11 is 6.13. The first kappa shape index (κ1) is 16.2. The third kappa shape index (κ3) is 3.72. The summed E-state index contributed by atoms with van der Waals surface area (Å²) in [5.74, 6) is -0.637. The van der Waals surface area contributed by atoms with Crippen LogP contribution >= 0.6 is 38.6 Å². The lowest BCUT2D eigenvalue weighted by Crippen LogP contribution is -2.13. The molecule has 0 saturated carbocycles. The van der Waals surface area contributed by atoms with Gasteiger partial charge in [0.2, 0.25) is 0 Å². The molecule has 0 aliphatic heterocycles. The minimum Gasteiger partial charge on any atom is -0.462 e. The standard InChI is InChI=1S/C14H14BrNO3S2/c1-4-19-14(18)9-6-8(3)20-13(9)16-12(17)10-5-7(2)11(15)21-10/h5-6H,4H2,1-3H3,(H,16,17). The number of aryl methyl sites for hydroxylation is 2. The number of hydrogen-bond acceptors (Lipinski definition) is 5. The molecular formula is C14H14BrNO3S2. The molecule has 0 aliphatic rings. The topological polar surface area (TPSA) is 55.4 Å². The molecule has 0 radical (unpaired) electrons. The third-order valence-electron chi connectivity index (χ3n) is 2.66. The number of amides is 1. The predicted octanol–water partition coefficient (Wildman–Crippen LogP) is 4.62. The van der Waals surface area contributed by atoms with Crippen LogP contribution in [0.25, 0.3) is 0 Å². The average Bonchev–Trinajstić information content (AvgIpc) is 2.94. The molecule has 0 aliphatic carbocycles. The van der Waals surface area contributed by atoms with Crippen molar-refractivity contribution < 1.29 is 14.3 Å². The van der Waals surface area contributed by atoms with Crippen LogP contribution in [0.1, 0.15) is 37.4 Å². The first-order chi connectivity index (χ1) is 9.92. The molecule has 1 N–H and O–H groups in total. The number of carbonyl (C=O) groups is 2. The number of anilines is 1. The van der Waals surface area contributed by atoms with Crippen LogP contribution in [0.5, 0.6) is 0 Å². The first-order valence-corrected chi connectivity index (χ1v) is 8.69. The second-order valence-electron chi connectivity index (χ2n) is 4.34. The summed E-state index contributed by atoms with van der Waals surface area (Å²) in [4.78, 5) is 25.7. The average molecular weight is 388 g/mol. The largest absolute Gasteiger partial charge is 0.462 e. The fourth-order valence-electron chi connectivity index (χ4n) is 1.70. The van der Waals surface area contributed by atoms with E-state index in [1.54, 1.807) is 13.0 Å². The van der Waals surface area contributed by atoms with E-state index in [9.17, 15) is 9.59 Å². The Balaban J connectivity index is 2.23. The van der Waals surface area contributed by atoms with Gasteiger partial charge in [0, 0.05) is 4.88 Å². The Morgan fingerprint density at radius 2 is 2.00 bits per heavy atom. The molecule has 1 amide bonds. The lowest BCUT2D eigenvalue weighted by molar-refractivity contribution is 0.0528. The van der Waals surface area contributed by atoms with Crippen molar-refractivity contribution in [3.63, 3.8) is 0 Å². The Kier molecular flexibility index (Phi) is 5.18. The lowest BCUT2D eigenvalue weighted by atomic mass is 10.3. The van der Waals surface area contributed by atoms with E-state index < -0.39 is 5.97 Å². The number of carbonyl (C=O) groups excluding carboxylic acids is 2. The van der Waals surface area contributed by atoms with Crippen LogP contribution in [0.15, 0.2) is 15.9 Å². The zero-order valence-corrected chi connectivity index (χ0v) is 15.0. The van der Waals surface area contributed by atoms with E-state index in [1.165, 1.54) is 22.7 Å². The van der Waals surface area contributed by atoms with Crippen LogP contribution < -0.4 is 5.32 Å². The molecule has 112 valence electrons. The Bertz CT molecular complexity index is 671. The van der Waals surface area contributed by atoms with Gasteiger partial charge in [-0.05, 0) is 54.4 Å². The zero-order chi connectivity index (χ0) is 15.6. The van der Waals surface area contributed by atoms with Crippen molar-refractivity contribution in [3.05, 3.63) is 36.8 Å². The molecule has 21 heavy (non-hydrogen) atoms. The van der Waals surface area contributed by atoms with Gasteiger partial charge in [0.25, 0.3) is 5.91 Å². The molecular weight excluding hydrogens is 374 g/mol. The summed E-state index contributed by atoms with van der Waals surface area (Å²) < 4.78 is 5.94. The molecule has 0 bridgehead atoms. The van der Waals surface area contributed by atoms with Crippen molar-refractivity contribution in [2.45, 2.75) is 20.8 Å². The highest BCUT2D eigenvalue weighted by atomic mass is 79.9. The van der Waals surface area contributed by atoms with E-state index in [2.05, 4.69) is 21.2 Å². The fraction of sp³-hybridized carbons (Fsp3) is 0.286. The Morgan fingerprint density at radius 1 is 1.29 bits per heavy atom. The number of rotatable bonds is 4. The Hall–Kier alpha value is -1.18. The van der Waals surface area contributed by atoms with Gasteiger partial charge >= 0.3 is 5.97 Å². The van der Waals surface area contributed by atoms with E-state index in [0.29, 0.717) is 22.0 Å². The maximum atomic E-state index is 12.3. The number of esters is 1. The minimum atomic E-state index is -0.416. The molecule has 2 rings (SSSR count). The molecule has 0 atom stereocenters. The monoisotopic (exact) mass is 387 g/mol. The van der Waals surface area contributed by atoms with Crippen molar-refractivity contribution in [3.8, 4) is 0 Å². The summed E-state index contributed by atoms with van der Waals surface area (Å²) in [5.41, 5.74) is 1.41. The van der Waals surface area contributed by atoms with Gasteiger partial charge in [0.15, 0.2) is 0 Å². The molecule has 2 aromatic rings. The molecule has 4 nitrogen and oxygen atoms in total. The number of thiophene rings is 2. The molecule has 0 aromatic carbocycles. The maximum absolute atomic E-state index is 12.3. The number of hydrogen-bond donors (Lipinski definition) is 1. The highest BCUT2D eigenvalue weighted by Gasteiger charge is 2.19. The molecule has 2 heterocycles. The maximum Gasteiger partial charge on any atom is 0.341 e. The lowest BCUT2D eigenvalue weighted by Gasteiger charge is -2.04. The number of ether oxygens (including phenoxy) is 1. The second-order valence-corrected chi connectivity index (χ2v) is 7.97. The molecule has 0 unspecified atom stereocenters. The van der Waals surface area contributed by atoms with Gasteiger partial charge in [0.1, 0.15) is 5.00 Å². The van der Waals surface area contributed by atoms with Gasteiger partial charge < -0.3 is 10.1 Å². The molecule has 0 spiro atoms. The second kappa shape index (κ2) is 6.72. The van der Waals surface area contributed by atoms with E-state index >= 15 is 0 Å². The summed E-state index contributed by atoms with van der Waals surface area (Å²) in [6, 6.07) is 3.54. The predicted molar refractivity (Wildman–Crippen MR) is 89.7 cm³/mol. The first-order valence-electron chi connectivity index (χ1n) is 6.27. The fourth-order valence-corrected chi connectivity index (χ4v) is 4.03. The molecule has 0 saturated heterocycles. The highest BCUT2D eigenvalue weighted by molar-refractivity contribution is 9.11. The van der Waals surface area contributed by atoms with Crippen LogP contribution in [0.3, 0.4) is 0 Å².